The van der Waals surface area contributed by atoms with E-state index in [0.29, 0.717) is 6.61 Å². The van der Waals surface area contributed by atoms with Crippen molar-refractivity contribution in [3.63, 3.8) is 0 Å². The fourth-order valence-electron chi connectivity index (χ4n) is 2.34. The highest BCUT2D eigenvalue weighted by Crippen LogP contribution is 2.25. The third-order valence-electron chi connectivity index (χ3n) is 3.48. The first-order chi connectivity index (χ1) is 10.3. The number of hydrogen-bond donors (Lipinski definition) is 1. The van der Waals surface area contributed by atoms with Gasteiger partial charge in [0.05, 0.1) is 13.7 Å². The maximum absolute atomic E-state index is 5.66. The van der Waals surface area contributed by atoms with Crippen molar-refractivity contribution in [3.05, 3.63) is 59.7 Å². The molecule has 0 aliphatic rings. The van der Waals surface area contributed by atoms with Crippen LogP contribution in [0.3, 0.4) is 0 Å². The molecule has 0 spiro atoms. The monoisotopic (exact) mass is 285 g/mol. The average molecular weight is 285 g/mol. The van der Waals surface area contributed by atoms with Crippen LogP contribution in [0.4, 0.5) is 0 Å². The summed E-state index contributed by atoms with van der Waals surface area (Å²) < 4.78 is 11.1. The second-order valence-corrected chi connectivity index (χ2v) is 4.89. The smallest absolute Gasteiger partial charge is 0.123 e. The van der Waals surface area contributed by atoms with Crippen LogP contribution in [-0.2, 0) is 6.54 Å². The maximum atomic E-state index is 5.66. The molecule has 0 saturated heterocycles. The Balaban J connectivity index is 2.06. The Morgan fingerprint density at radius 1 is 1.00 bits per heavy atom. The van der Waals surface area contributed by atoms with Crippen molar-refractivity contribution < 1.29 is 9.47 Å². The molecule has 0 radical (unpaired) electrons. The highest BCUT2D eigenvalue weighted by Gasteiger charge is 2.11. The molecule has 21 heavy (non-hydrogen) atoms. The zero-order valence-electron chi connectivity index (χ0n) is 12.9. The highest BCUT2D eigenvalue weighted by molar-refractivity contribution is 5.36. The van der Waals surface area contributed by atoms with Gasteiger partial charge in [0.2, 0.25) is 0 Å². The predicted octanol–water partition coefficient (Wildman–Crippen LogP) is 3.94. The van der Waals surface area contributed by atoms with Crippen molar-refractivity contribution in [1.82, 2.24) is 5.32 Å². The molecular formula is C18H23NO2. The van der Waals surface area contributed by atoms with Crippen molar-refractivity contribution >= 4 is 0 Å². The van der Waals surface area contributed by atoms with Gasteiger partial charge in [0.1, 0.15) is 11.5 Å². The SMILES string of the molecule is CCOc1ccccc1CNC(C)c1ccccc1OC. The van der Waals surface area contributed by atoms with Crippen molar-refractivity contribution in [2.45, 2.75) is 26.4 Å². The first-order valence-corrected chi connectivity index (χ1v) is 7.33. The van der Waals surface area contributed by atoms with Gasteiger partial charge >= 0.3 is 0 Å². The van der Waals surface area contributed by atoms with Crippen molar-refractivity contribution in [2.75, 3.05) is 13.7 Å². The van der Waals surface area contributed by atoms with Gasteiger partial charge < -0.3 is 14.8 Å². The van der Waals surface area contributed by atoms with E-state index >= 15 is 0 Å². The topological polar surface area (TPSA) is 30.5 Å². The summed E-state index contributed by atoms with van der Waals surface area (Å²) in [6, 6.07) is 16.4. The van der Waals surface area contributed by atoms with E-state index in [0.717, 1.165) is 23.6 Å². The van der Waals surface area contributed by atoms with E-state index in [2.05, 4.69) is 24.4 Å². The molecule has 1 unspecified atom stereocenters. The molecular weight excluding hydrogens is 262 g/mol. The molecule has 3 nitrogen and oxygen atoms in total. The molecule has 2 rings (SSSR count). The molecule has 1 N–H and O–H groups in total. The predicted molar refractivity (Wildman–Crippen MR) is 85.9 cm³/mol. The van der Waals surface area contributed by atoms with E-state index in [9.17, 15) is 0 Å². The molecule has 0 saturated carbocycles. The summed E-state index contributed by atoms with van der Waals surface area (Å²) in [5, 5.41) is 3.53. The van der Waals surface area contributed by atoms with Gasteiger partial charge in [-0.3, -0.25) is 0 Å². The molecule has 1 atom stereocenters. The van der Waals surface area contributed by atoms with Gasteiger partial charge in [0, 0.05) is 23.7 Å². The van der Waals surface area contributed by atoms with Crippen LogP contribution in [0.25, 0.3) is 0 Å². The molecule has 2 aromatic carbocycles. The number of rotatable bonds is 7. The number of hydrogen-bond acceptors (Lipinski definition) is 3. The summed E-state index contributed by atoms with van der Waals surface area (Å²) in [5.41, 5.74) is 2.33. The standard InChI is InChI=1S/C18H23NO2/c1-4-21-17-11-7-5-9-15(17)13-19-14(2)16-10-6-8-12-18(16)20-3/h5-12,14,19H,4,13H2,1-3H3. The first kappa shape index (κ1) is 15.4. The lowest BCUT2D eigenvalue weighted by Crippen LogP contribution is -2.19. The lowest BCUT2D eigenvalue weighted by atomic mass is 10.1. The molecule has 0 aromatic heterocycles. The molecule has 0 heterocycles. The van der Waals surface area contributed by atoms with E-state index < -0.39 is 0 Å². The minimum atomic E-state index is 0.204. The molecule has 0 fully saturated rings. The maximum Gasteiger partial charge on any atom is 0.123 e. The highest BCUT2D eigenvalue weighted by atomic mass is 16.5. The van der Waals surface area contributed by atoms with Crippen molar-refractivity contribution in [1.29, 1.82) is 0 Å². The van der Waals surface area contributed by atoms with Crippen molar-refractivity contribution in [2.24, 2.45) is 0 Å². The van der Waals surface area contributed by atoms with E-state index in [1.165, 1.54) is 5.56 Å². The second kappa shape index (κ2) is 7.70. The Morgan fingerprint density at radius 2 is 1.67 bits per heavy atom. The van der Waals surface area contributed by atoms with Crippen molar-refractivity contribution in [3.8, 4) is 11.5 Å². The van der Waals surface area contributed by atoms with Gasteiger partial charge in [0.15, 0.2) is 0 Å². The Labute approximate surface area is 126 Å². The van der Waals surface area contributed by atoms with E-state index in [4.69, 9.17) is 9.47 Å². The van der Waals surface area contributed by atoms with Gasteiger partial charge in [-0.2, -0.15) is 0 Å². The summed E-state index contributed by atoms with van der Waals surface area (Å²) in [5.74, 6) is 1.86. The fraction of sp³-hybridized carbons (Fsp3) is 0.333. The third-order valence-corrected chi connectivity index (χ3v) is 3.48. The summed E-state index contributed by atoms with van der Waals surface area (Å²) in [7, 11) is 1.70. The van der Waals surface area contributed by atoms with Crippen LogP contribution in [0.2, 0.25) is 0 Å². The average Bonchev–Trinajstić information content (AvgIpc) is 2.54. The number of para-hydroxylation sites is 2. The lowest BCUT2D eigenvalue weighted by Gasteiger charge is -2.18. The zero-order chi connectivity index (χ0) is 15.1. The second-order valence-electron chi connectivity index (χ2n) is 4.89. The summed E-state index contributed by atoms with van der Waals surface area (Å²) in [6.07, 6.45) is 0. The largest absolute Gasteiger partial charge is 0.496 e. The molecule has 0 aliphatic carbocycles. The lowest BCUT2D eigenvalue weighted by molar-refractivity contribution is 0.334. The Hall–Kier alpha value is -2.00. The van der Waals surface area contributed by atoms with Crippen LogP contribution in [0.5, 0.6) is 11.5 Å². The molecule has 0 aliphatic heterocycles. The van der Waals surface area contributed by atoms with E-state index in [-0.39, 0.29) is 6.04 Å². The van der Waals surface area contributed by atoms with Crippen LogP contribution in [-0.4, -0.2) is 13.7 Å². The van der Waals surface area contributed by atoms with Crippen LogP contribution in [0.1, 0.15) is 31.0 Å². The number of ether oxygens (including phenoxy) is 2. The molecule has 112 valence electrons. The first-order valence-electron chi connectivity index (χ1n) is 7.33. The van der Waals surface area contributed by atoms with Gasteiger partial charge in [-0.15, -0.1) is 0 Å². The summed E-state index contributed by atoms with van der Waals surface area (Å²) in [6.45, 7) is 5.58. The van der Waals surface area contributed by atoms with Crippen LogP contribution >= 0.6 is 0 Å². The van der Waals surface area contributed by atoms with Crippen LogP contribution in [0, 0.1) is 0 Å². The van der Waals surface area contributed by atoms with Crippen LogP contribution < -0.4 is 14.8 Å². The normalized spacial score (nSPS) is 12.0. The quantitative estimate of drug-likeness (QED) is 0.835. The Kier molecular flexibility index (Phi) is 5.64. The van der Waals surface area contributed by atoms with Gasteiger partial charge in [-0.05, 0) is 26.0 Å². The molecule has 3 heteroatoms. The Morgan fingerprint density at radius 3 is 2.38 bits per heavy atom. The zero-order valence-corrected chi connectivity index (χ0v) is 12.9. The van der Waals surface area contributed by atoms with Gasteiger partial charge in [-0.25, -0.2) is 0 Å². The third kappa shape index (κ3) is 3.99. The molecule has 0 amide bonds. The number of benzene rings is 2. The van der Waals surface area contributed by atoms with E-state index in [1.54, 1.807) is 7.11 Å². The van der Waals surface area contributed by atoms with E-state index in [1.807, 2.05) is 43.3 Å². The Bertz CT molecular complexity index is 569. The van der Waals surface area contributed by atoms with Gasteiger partial charge in [0.25, 0.3) is 0 Å². The van der Waals surface area contributed by atoms with Crippen LogP contribution in [0.15, 0.2) is 48.5 Å². The number of methoxy groups -OCH3 is 1. The minimum Gasteiger partial charge on any atom is -0.496 e. The minimum absolute atomic E-state index is 0.204. The molecule has 0 bridgehead atoms. The van der Waals surface area contributed by atoms with Gasteiger partial charge in [-0.1, -0.05) is 36.4 Å². The summed E-state index contributed by atoms with van der Waals surface area (Å²) in [4.78, 5) is 0. The fourth-order valence-corrected chi connectivity index (χ4v) is 2.34. The number of nitrogens with one attached hydrogen (secondary N) is 1. The summed E-state index contributed by atoms with van der Waals surface area (Å²) >= 11 is 0. The molecule has 2 aromatic rings.